The van der Waals surface area contributed by atoms with Crippen molar-refractivity contribution in [2.24, 2.45) is 0 Å². The average Bonchev–Trinajstić information content (AvgIpc) is 2.15. The number of anilines is 2. The fourth-order valence-corrected chi connectivity index (χ4v) is 0.841. The van der Waals surface area contributed by atoms with Crippen LogP contribution < -0.4 is 11.1 Å². The first kappa shape index (κ1) is 10.2. The monoisotopic (exact) mass is 196 g/mol. The van der Waals surface area contributed by atoms with Gasteiger partial charge in [0.05, 0.1) is 19.0 Å². The van der Waals surface area contributed by atoms with E-state index in [4.69, 9.17) is 10.5 Å². The Morgan fingerprint density at radius 3 is 3.07 bits per heavy atom. The van der Waals surface area contributed by atoms with Crippen molar-refractivity contribution >= 4 is 17.6 Å². The molecule has 0 spiro atoms. The van der Waals surface area contributed by atoms with E-state index in [-0.39, 0.29) is 12.5 Å². The lowest BCUT2D eigenvalue weighted by Crippen LogP contribution is -2.17. The van der Waals surface area contributed by atoms with Crippen LogP contribution in [0, 0.1) is 0 Å². The first-order valence-corrected chi connectivity index (χ1v) is 4.19. The SMILES string of the molecule is CCOC(=O)CNc1cncc(N)n1. The minimum absolute atomic E-state index is 0.0615. The van der Waals surface area contributed by atoms with Gasteiger partial charge in [0.2, 0.25) is 0 Å². The molecule has 0 aliphatic carbocycles. The molecule has 6 heteroatoms. The van der Waals surface area contributed by atoms with Gasteiger partial charge in [-0.15, -0.1) is 0 Å². The largest absolute Gasteiger partial charge is 0.465 e. The van der Waals surface area contributed by atoms with Crippen molar-refractivity contribution in [1.29, 1.82) is 0 Å². The Kier molecular flexibility index (Phi) is 3.66. The van der Waals surface area contributed by atoms with Gasteiger partial charge < -0.3 is 15.8 Å². The molecule has 3 N–H and O–H groups in total. The molecule has 0 amide bonds. The number of nitrogens with one attached hydrogen (secondary N) is 1. The molecule has 1 heterocycles. The predicted molar refractivity (Wildman–Crippen MR) is 51.6 cm³/mol. The number of hydrogen-bond acceptors (Lipinski definition) is 6. The van der Waals surface area contributed by atoms with Crippen LogP contribution in [0.2, 0.25) is 0 Å². The molecule has 0 saturated carbocycles. The van der Waals surface area contributed by atoms with Crippen molar-refractivity contribution < 1.29 is 9.53 Å². The Bertz CT molecular complexity index is 316. The molecule has 0 unspecified atom stereocenters. The van der Waals surface area contributed by atoms with Crippen LogP contribution in [0.25, 0.3) is 0 Å². The second kappa shape index (κ2) is 5.00. The van der Waals surface area contributed by atoms with Crippen molar-refractivity contribution in [2.75, 3.05) is 24.2 Å². The van der Waals surface area contributed by atoms with Crippen LogP contribution in [-0.4, -0.2) is 29.1 Å². The zero-order valence-electron chi connectivity index (χ0n) is 7.86. The van der Waals surface area contributed by atoms with Crippen molar-refractivity contribution in [2.45, 2.75) is 6.92 Å². The highest BCUT2D eigenvalue weighted by molar-refractivity contribution is 5.74. The first-order chi connectivity index (χ1) is 6.72. The fraction of sp³-hybridized carbons (Fsp3) is 0.375. The first-order valence-electron chi connectivity index (χ1n) is 4.19. The number of aromatic nitrogens is 2. The maximum Gasteiger partial charge on any atom is 0.325 e. The van der Waals surface area contributed by atoms with Crippen molar-refractivity contribution in [3.05, 3.63) is 12.4 Å². The topological polar surface area (TPSA) is 90.1 Å². The zero-order chi connectivity index (χ0) is 10.4. The van der Waals surface area contributed by atoms with Crippen molar-refractivity contribution in [1.82, 2.24) is 9.97 Å². The molecule has 6 nitrogen and oxygen atoms in total. The molecule has 0 bridgehead atoms. The summed E-state index contributed by atoms with van der Waals surface area (Å²) in [6.45, 7) is 2.17. The summed E-state index contributed by atoms with van der Waals surface area (Å²) in [5, 5.41) is 2.74. The molecule has 76 valence electrons. The molecule has 0 aromatic carbocycles. The van der Waals surface area contributed by atoms with Gasteiger partial charge in [-0.3, -0.25) is 9.78 Å². The van der Waals surface area contributed by atoms with Gasteiger partial charge >= 0.3 is 5.97 Å². The molecule has 0 atom stereocenters. The lowest BCUT2D eigenvalue weighted by atomic mass is 10.5. The summed E-state index contributed by atoms with van der Waals surface area (Å²) in [6.07, 6.45) is 2.91. The quantitative estimate of drug-likeness (QED) is 0.660. The summed E-state index contributed by atoms with van der Waals surface area (Å²) in [4.78, 5) is 18.6. The second-order valence-corrected chi connectivity index (χ2v) is 2.49. The van der Waals surface area contributed by atoms with Gasteiger partial charge in [0.25, 0.3) is 0 Å². The molecular formula is C8H12N4O2. The van der Waals surface area contributed by atoms with E-state index in [0.29, 0.717) is 18.2 Å². The minimum atomic E-state index is -0.336. The van der Waals surface area contributed by atoms with Crippen molar-refractivity contribution in [3.8, 4) is 0 Å². The molecular weight excluding hydrogens is 184 g/mol. The highest BCUT2D eigenvalue weighted by atomic mass is 16.5. The number of rotatable bonds is 4. The van der Waals surface area contributed by atoms with Crippen molar-refractivity contribution in [3.63, 3.8) is 0 Å². The Hall–Kier alpha value is -1.85. The highest BCUT2D eigenvalue weighted by Gasteiger charge is 2.01. The number of nitrogens with two attached hydrogens (primary N) is 1. The van der Waals surface area contributed by atoms with Crippen LogP contribution in [-0.2, 0) is 9.53 Å². The van der Waals surface area contributed by atoms with E-state index in [1.807, 2.05) is 0 Å². The fourth-order valence-electron chi connectivity index (χ4n) is 0.841. The summed E-state index contributed by atoms with van der Waals surface area (Å²) in [6, 6.07) is 0. The molecule has 1 rings (SSSR count). The molecule has 0 saturated heterocycles. The van der Waals surface area contributed by atoms with E-state index >= 15 is 0 Å². The minimum Gasteiger partial charge on any atom is -0.465 e. The molecule has 14 heavy (non-hydrogen) atoms. The van der Waals surface area contributed by atoms with E-state index in [2.05, 4.69) is 15.3 Å². The van der Waals surface area contributed by atoms with Gasteiger partial charge in [-0.1, -0.05) is 0 Å². The van der Waals surface area contributed by atoms with E-state index in [1.54, 1.807) is 6.92 Å². The summed E-state index contributed by atoms with van der Waals surface area (Å²) in [7, 11) is 0. The lowest BCUT2D eigenvalue weighted by Gasteiger charge is -2.04. The third-order valence-corrected chi connectivity index (χ3v) is 1.37. The smallest absolute Gasteiger partial charge is 0.325 e. The van der Waals surface area contributed by atoms with Crippen LogP contribution in [0.1, 0.15) is 6.92 Å². The number of hydrogen-bond donors (Lipinski definition) is 2. The van der Waals surface area contributed by atoms with E-state index in [9.17, 15) is 4.79 Å². The normalized spacial score (nSPS) is 9.50. The van der Waals surface area contributed by atoms with E-state index in [1.165, 1.54) is 12.4 Å². The maximum absolute atomic E-state index is 10.9. The Morgan fingerprint density at radius 2 is 2.43 bits per heavy atom. The van der Waals surface area contributed by atoms with Crippen LogP contribution in [0.5, 0.6) is 0 Å². The number of nitrogens with zero attached hydrogens (tertiary/aromatic N) is 2. The Labute approximate surface area is 81.5 Å². The third kappa shape index (κ3) is 3.26. The summed E-state index contributed by atoms with van der Waals surface area (Å²) in [5.41, 5.74) is 5.39. The van der Waals surface area contributed by atoms with Gasteiger partial charge in [0.15, 0.2) is 0 Å². The number of carbonyl (C=O) groups excluding carboxylic acids is 1. The molecule has 0 radical (unpaired) electrons. The number of ether oxygens (including phenoxy) is 1. The second-order valence-electron chi connectivity index (χ2n) is 2.49. The Balaban J connectivity index is 2.41. The number of nitrogen functional groups attached to an aromatic ring is 1. The van der Waals surface area contributed by atoms with Crippen LogP contribution in [0.15, 0.2) is 12.4 Å². The lowest BCUT2D eigenvalue weighted by molar-refractivity contribution is -0.140. The number of carbonyl (C=O) groups is 1. The molecule has 1 aromatic heterocycles. The predicted octanol–water partition coefficient (Wildman–Crippen LogP) is 0.0338. The molecule has 0 fully saturated rings. The summed E-state index contributed by atoms with van der Waals surface area (Å²) >= 11 is 0. The average molecular weight is 196 g/mol. The maximum atomic E-state index is 10.9. The van der Waals surface area contributed by atoms with Crippen LogP contribution in [0.4, 0.5) is 11.6 Å². The summed E-state index contributed by atoms with van der Waals surface area (Å²) < 4.78 is 4.71. The Morgan fingerprint density at radius 1 is 1.64 bits per heavy atom. The van der Waals surface area contributed by atoms with Gasteiger partial charge in [0.1, 0.15) is 18.2 Å². The number of esters is 1. The van der Waals surface area contributed by atoms with E-state index < -0.39 is 0 Å². The van der Waals surface area contributed by atoms with Gasteiger partial charge in [-0.25, -0.2) is 4.98 Å². The van der Waals surface area contributed by atoms with Crippen LogP contribution >= 0.6 is 0 Å². The molecule has 0 aliphatic heterocycles. The van der Waals surface area contributed by atoms with Gasteiger partial charge in [-0.2, -0.15) is 0 Å². The zero-order valence-corrected chi connectivity index (χ0v) is 7.86. The van der Waals surface area contributed by atoms with E-state index in [0.717, 1.165) is 0 Å². The van der Waals surface area contributed by atoms with Gasteiger partial charge in [0, 0.05) is 0 Å². The highest BCUT2D eigenvalue weighted by Crippen LogP contribution is 2.01. The standard InChI is InChI=1S/C8H12N4O2/c1-2-14-8(13)5-11-7-4-10-3-6(9)12-7/h3-4H,2,5H2,1H3,(H3,9,11,12). The summed E-state index contributed by atoms with van der Waals surface area (Å²) in [5.74, 6) is 0.425. The van der Waals surface area contributed by atoms with Crippen LogP contribution in [0.3, 0.4) is 0 Å². The van der Waals surface area contributed by atoms with Gasteiger partial charge in [-0.05, 0) is 6.92 Å². The molecule has 1 aromatic rings. The molecule has 0 aliphatic rings. The third-order valence-electron chi connectivity index (χ3n) is 1.37.